The fraction of sp³-hybridized carbons (Fsp3) is 0.556. The third-order valence-corrected chi connectivity index (χ3v) is 9.90. The van der Waals surface area contributed by atoms with Gasteiger partial charge in [-0.15, -0.1) is 0 Å². The highest BCUT2D eigenvalue weighted by molar-refractivity contribution is 5.91. The van der Waals surface area contributed by atoms with E-state index in [-0.39, 0.29) is 6.61 Å². The molecule has 1 fully saturated rings. The maximum atomic E-state index is 14.0. The van der Waals surface area contributed by atoms with Crippen LogP contribution in [0.3, 0.4) is 0 Å². The maximum Gasteiger partial charge on any atom is 0.311 e. The van der Waals surface area contributed by atoms with Gasteiger partial charge in [0.1, 0.15) is 12.7 Å². The number of esters is 4. The van der Waals surface area contributed by atoms with Crippen molar-refractivity contribution in [2.75, 3.05) is 13.2 Å². The zero-order valence-electron chi connectivity index (χ0n) is 35.5. The number of hydrogen-bond donors (Lipinski definition) is 0. The molecule has 0 bridgehead atoms. The molecule has 3 aromatic rings. The van der Waals surface area contributed by atoms with Crippen LogP contribution >= 0.6 is 0 Å². The highest BCUT2D eigenvalue weighted by Crippen LogP contribution is 2.43. The van der Waals surface area contributed by atoms with Gasteiger partial charge in [-0.05, 0) is 113 Å². The molecule has 0 aliphatic carbocycles. The molecular formula is C45H59N3O9. The van der Waals surface area contributed by atoms with E-state index in [1.54, 1.807) is 102 Å². The van der Waals surface area contributed by atoms with E-state index >= 15 is 0 Å². The molecule has 308 valence electrons. The molecule has 12 heteroatoms. The van der Waals surface area contributed by atoms with E-state index in [2.05, 4.69) is 17.1 Å². The molecule has 4 heterocycles. The van der Waals surface area contributed by atoms with Gasteiger partial charge in [0.05, 0.1) is 27.2 Å². The molecule has 5 rings (SSSR count). The first kappa shape index (κ1) is 43.4. The number of para-hydroxylation sites is 1. The molecule has 1 aromatic carbocycles. The largest absolute Gasteiger partial charge is 0.462 e. The molecule has 57 heavy (non-hydrogen) atoms. The third-order valence-electron chi connectivity index (χ3n) is 9.90. The molecule has 0 unspecified atom stereocenters. The van der Waals surface area contributed by atoms with E-state index in [4.69, 9.17) is 28.7 Å². The number of aromatic nitrogens is 2. The first-order valence-corrected chi connectivity index (χ1v) is 19.6. The molecule has 2 aliphatic rings. The van der Waals surface area contributed by atoms with Crippen LogP contribution in [0.1, 0.15) is 107 Å². The number of ether oxygens (including phenoxy) is 5. The van der Waals surface area contributed by atoms with Crippen LogP contribution < -0.4 is 0 Å². The summed E-state index contributed by atoms with van der Waals surface area (Å²) in [5, 5.41) is 1.01. The summed E-state index contributed by atoms with van der Waals surface area (Å²) >= 11 is 0. The molecule has 0 amide bonds. The Hall–Kier alpha value is -4.68. The van der Waals surface area contributed by atoms with Gasteiger partial charge in [0.25, 0.3) is 0 Å². The Morgan fingerprint density at radius 2 is 1.26 bits per heavy atom. The van der Waals surface area contributed by atoms with E-state index in [0.717, 1.165) is 27.6 Å². The lowest BCUT2D eigenvalue weighted by Gasteiger charge is -2.51. The molecule has 0 radical (unpaired) electrons. The SMILES string of the molecule is CC(C)(C)C(=O)OC[C@H]1O[C@@H](N2CC=C(c3cccc4cccnc34)C[C@H]2c2cccnc2)[C@H](OC(=O)C(C)(C)C)[C@@H](OC(=O)C(C)(C)C)[C@H]1OC(=O)C(C)(C)C. The number of nitrogens with zero attached hydrogens (tertiary/aromatic N) is 3. The second-order valence-electron chi connectivity index (χ2n) is 19.1. The van der Waals surface area contributed by atoms with Crippen molar-refractivity contribution in [3.63, 3.8) is 0 Å². The predicted octanol–water partition coefficient (Wildman–Crippen LogP) is 7.65. The Bertz CT molecular complexity index is 1960. The summed E-state index contributed by atoms with van der Waals surface area (Å²) in [6.07, 6.45) is 1.61. The van der Waals surface area contributed by atoms with Crippen LogP contribution in [-0.2, 0) is 42.9 Å². The molecule has 2 aliphatic heterocycles. The number of carbonyl (C=O) groups excluding carboxylic acids is 4. The van der Waals surface area contributed by atoms with E-state index in [0.29, 0.717) is 13.0 Å². The van der Waals surface area contributed by atoms with Gasteiger partial charge in [0.15, 0.2) is 24.5 Å². The monoisotopic (exact) mass is 785 g/mol. The quantitative estimate of drug-likeness (QED) is 0.164. The molecular weight excluding hydrogens is 727 g/mol. The van der Waals surface area contributed by atoms with Crippen molar-refractivity contribution in [3.8, 4) is 0 Å². The summed E-state index contributed by atoms with van der Waals surface area (Å²) in [5.74, 6) is -2.30. The Morgan fingerprint density at radius 1 is 0.702 bits per heavy atom. The van der Waals surface area contributed by atoms with Crippen LogP contribution in [-0.4, -0.2) is 82.5 Å². The van der Waals surface area contributed by atoms with Crippen molar-refractivity contribution in [1.82, 2.24) is 14.9 Å². The standard InChI is InChI=1S/C45H59N3O9/c1-42(2,3)38(49)53-26-32-34(55-39(50)43(4,5)6)35(56-40(51)44(7,8)9)36(57-41(52)45(10,11)12)37(54-32)48-23-20-28(24-31(48)29-18-14-21-46-25-29)30-19-13-16-27-17-15-22-47-33(27)30/h13-22,25,31-32,34-37H,23-24,26H2,1-12H3/t31-,32+,34-,35-,36+,37+/m0/s1. The zero-order chi connectivity index (χ0) is 42.1. The summed E-state index contributed by atoms with van der Waals surface area (Å²) in [6.45, 7) is 20.5. The number of rotatable bonds is 8. The van der Waals surface area contributed by atoms with Crippen LogP contribution in [0.4, 0.5) is 0 Å². The van der Waals surface area contributed by atoms with Gasteiger partial charge in [0.2, 0.25) is 0 Å². The molecule has 1 saturated heterocycles. The topological polar surface area (TPSA) is 143 Å². The smallest absolute Gasteiger partial charge is 0.311 e. The minimum Gasteiger partial charge on any atom is -0.462 e. The fourth-order valence-electron chi connectivity index (χ4n) is 6.47. The van der Waals surface area contributed by atoms with Crippen molar-refractivity contribution in [3.05, 3.63) is 78.3 Å². The van der Waals surface area contributed by atoms with Gasteiger partial charge in [-0.1, -0.05) is 36.4 Å². The molecule has 0 spiro atoms. The summed E-state index contributed by atoms with van der Waals surface area (Å²) in [6, 6.07) is 13.5. The third kappa shape index (κ3) is 10.3. The molecule has 2 aromatic heterocycles. The van der Waals surface area contributed by atoms with Crippen molar-refractivity contribution >= 4 is 40.4 Å². The number of hydrogen-bond acceptors (Lipinski definition) is 12. The fourth-order valence-corrected chi connectivity index (χ4v) is 6.47. The van der Waals surface area contributed by atoms with Gasteiger partial charge in [0, 0.05) is 42.1 Å². The second-order valence-corrected chi connectivity index (χ2v) is 19.1. The predicted molar refractivity (Wildman–Crippen MR) is 215 cm³/mol. The summed E-state index contributed by atoms with van der Waals surface area (Å²) in [7, 11) is 0. The van der Waals surface area contributed by atoms with Crippen molar-refractivity contribution < 1.29 is 42.9 Å². The van der Waals surface area contributed by atoms with Crippen molar-refractivity contribution in [1.29, 1.82) is 0 Å². The van der Waals surface area contributed by atoms with Gasteiger partial charge >= 0.3 is 23.9 Å². The lowest BCUT2D eigenvalue weighted by Crippen LogP contribution is -2.67. The van der Waals surface area contributed by atoms with Crippen LogP contribution in [0.25, 0.3) is 16.5 Å². The highest BCUT2D eigenvalue weighted by Gasteiger charge is 2.57. The van der Waals surface area contributed by atoms with Gasteiger partial charge in [-0.3, -0.25) is 34.0 Å². The van der Waals surface area contributed by atoms with E-state index in [1.807, 2.05) is 41.3 Å². The Kier molecular flexibility index (Phi) is 12.7. The van der Waals surface area contributed by atoms with Gasteiger partial charge in [-0.25, -0.2) is 0 Å². The number of benzene rings is 1. The summed E-state index contributed by atoms with van der Waals surface area (Å²) in [4.78, 5) is 66.0. The maximum absolute atomic E-state index is 14.0. The average Bonchev–Trinajstić information content (AvgIpc) is 3.13. The minimum atomic E-state index is -1.37. The normalized spacial score (nSPS) is 23.6. The summed E-state index contributed by atoms with van der Waals surface area (Å²) < 4.78 is 31.7. The summed E-state index contributed by atoms with van der Waals surface area (Å²) in [5.41, 5.74) is -0.0344. The number of fused-ring (bicyclic) bond motifs is 1. The Labute approximate surface area is 336 Å². The van der Waals surface area contributed by atoms with Gasteiger partial charge < -0.3 is 23.7 Å². The van der Waals surface area contributed by atoms with Crippen LogP contribution in [0.5, 0.6) is 0 Å². The van der Waals surface area contributed by atoms with Crippen LogP contribution in [0.15, 0.2) is 67.1 Å². The number of carbonyl (C=O) groups is 4. The van der Waals surface area contributed by atoms with Crippen molar-refractivity contribution in [2.45, 2.75) is 126 Å². The minimum absolute atomic E-state index is 0.299. The van der Waals surface area contributed by atoms with Crippen LogP contribution in [0, 0.1) is 21.7 Å². The van der Waals surface area contributed by atoms with E-state index in [9.17, 15) is 19.2 Å². The van der Waals surface area contributed by atoms with Crippen LogP contribution in [0.2, 0.25) is 0 Å². The first-order chi connectivity index (χ1) is 26.5. The lowest BCUT2D eigenvalue weighted by atomic mass is 9.87. The average molecular weight is 786 g/mol. The molecule has 12 nitrogen and oxygen atoms in total. The lowest BCUT2D eigenvalue weighted by molar-refractivity contribution is -0.287. The first-order valence-electron chi connectivity index (χ1n) is 19.6. The number of pyridine rings is 2. The molecule has 0 saturated carbocycles. The van der Waals surface area contributed by atoms with E-state index in [1.165, 1.54) is 0 Å². The molecule has 0 N–H and O–H groups in total. The van der Waals surface area contributed by atoms with Gasteiger partial charge in [-0.2, -0.15) is 0 Å². The van der Waals surface area contributed by atoms with E-state index < -0.39 is 82.2 Å². The van der Waals surface area contributed by atoms with Crippen molar-refractivity contribution in [2.24, 2.45) is 21.7 Å². The second kappa shape index (κ2) is 16.7. The Morgan fingerprint density at radius 3 is 1.84 bits per heavy atom. The molecule has 6 atom stereocenters. The Balaban J connectivity index is 1.70. The highest BCUT2D eigenvalue weighted by atomic mass is 16.7. The zero-order valence-corrected chi connectivity index (χ0v) is 35.5.